The van der Waals surface area contributed by atoms with Crippen molar-refractivity contribution in [1.82, 2.24) is 5.32 Å². The Morgan fingerprint density at radius 1 is 1.06 bits per heavy atom. The molecule has 18 heavy (non-hydrogen) atoms. The van der Waals surface area contributed by atoms with E-state index < -0.39 is 0 Å². The molecule has 1 N–H and O–H groups in total. The SMILES string of the molecule is CNC(C1=CCCC1)c1ccc2ccccc2c1. The van der Waals surface area contributed by atoms with E-state index in [0.717, 1.165) is 0 Å². The molecular weight excluding hydrogens is 218 g/mol. The number of hydrogen-bond donors (Lipinski definition) is 1. The number of allylic oxidation sites excluding steroid dienone is 1. The zero-order valence-electron chi connectivity index (χ0n) is 10.8. The lowest BCUT2D eigenvalue weighted by Gasteiger charge is -2.19. The van der Waals surface area contributed by atoms with Crippen LogP contribution in [0.5, 0.6) is 0 Å². The Labute approximate surface area is 109 Å². The summed E-state index contributed by atoms with van der Waals surface area (Å²) in [7, 11) is 2.05. The van der Waals surface area contributed by atoms with E-state index in [1.165, 1.54) is 35.6 Å². The van der Waals surface area contributed by atoms with E-state index >= 15 is 0 Å². The maximum absolute atomic E-state index is 3.46. The predicted octanol–water partition coefficient (Wildman–Crippen LogP) is 4.21. The van der Waals surface area contributed by atoms with Gasteiger partial charge >= 0.3 is 0 Å². The third-order valence-corrected chi connectivity index (χ3v) is 3.84. The van der Waals surface area contributed by atoms with Crippen molar-refractivity contribution < 1.29 is 0 Å². The van der Waals surface area contributed by atoms with E-state index in [9.17, 15) is 0 Å². The lowest BCUT2D eigenvalue weighted by atomic mass is 9.96. The quantitative estimate of drug-likeness (QED) is 0.788. The molecule has 0 heterocycles. The number of rotatable bonds is 3. The van der Waals surface area contributed by atoms with Gasteiger partial charge in [-0.3, -0.25) is 0 Å². The van der Waals surface area contributed by atoms with Gasteiger partial charge in [-0.2, -0.15) is 0 Å². The molecule has 0 aromatic heterocycles. The highest BCUT2D eigenvalue weighted by Gasteiger charge is 2.17. The van der Waals surface area contributed by atoms with Crippen LogP contribution in [-0.4, -0.2) is 7.05 Å². The highest BCUT2D eigenvalue weighted by Crippen LogP contribution is 2.31. The van der Waals surface area contributed by atoms with Crippen LogP contribution < -0.4 is 5.32 Å². The Balaban J connectivity index is 2.01. The van der Waals surface area contributed by atoms with Crippen LogP contribution in [0.1, 0.15) is 30.9 Å². The molecule has 0 radical (unpaired) electrons. The van der Waals surface area contributed by atoms with Crippen molar-refractivity contribution in [2.45, 2.75) is 25.3 Å². The first kappa shape index (κ1) is 11.5. The summed E-state index contributed by atoms with van der Waals surface area (Å²) in [5.41, 5.74) is 2.93. The zero-order chi connectivity index (χ0) is 12.4. The molecule has 1 nitrogen and oxygen atoms in total. The van der Waals surface area contributed by atoms with E-state index in [1.54, 1.807) is 5.57 Å². The smallest absolute Gasteiger partial charge is 0.0533 e. The normalized spacial score (nSPS) is 16.8. The van der Waals surface area contributed by atoms with Crippen LogP contribution in [0.25, 0.3) is 10.8 Å². The van der Waals surface area contributed by atoms with Gasteiger partial charge in [0.15, 0.2) is 0 Å². The molecule has 0 saturated carbocycles. The van der Waals surface area contributed by atoms with Gasteiger partial charge < -0.3 is 5.32 Å². The third kappa shape index (κ3) is 2.06. The van der Waals surface area contributed by atoms with E-state index in [1.807, 2.05) is 0 Å². The summed E-state index contributed by atoms with van der Waals surface area (Å²) in [5, 5.41) is 6.10. The third-order valence-electron chi connectivity index (χ3n) is 3.84. The van der Waals surface area contributed by atoms with Crippen LogP contribution in [0.2, 0.25) is 0 Å². The van der Waals surface area contributed by atoms with E-state index in [2.05, 4.69) is 60.9 Å². The molecule has 1 aliphatic rings. The summed E-state index contributed by atoms with van der Waals surface area (Å²) in [6, 6.07) is 15.7. The molecule has 2 aromatic carbocycles. The molecule has 0 bridgehead atoms. The highest BCUT2D eigenvalue weighted by molar-refractivity contribution is 5.83. The second-order valence-corrected chi connectivity index (χ2v) is 5.00. The highest BCUT2D eigenvalue weighted by atomic mass is 14.9. The second kappa shape index (κ2) is 4.95. The molecule has 92 valence electrons. The molecule has 1 aliphatic carbocycles. The van der Waals surface area contributed by atoms with Gasteiger partial charge in [0.25, 0.3) is 0 Å². The average molecular weight is 237 g/mol. The van der Waals surface area contributed by atoms with Crippen molar-refractivity contribution in [3.63, 3.8) is 0 Å². The molecular formula is C17H19N. The molecule has 3 rings (SSSR count). The van der Waals surface area contributed by atoms with Gasteiger partial charge in [-0.15, -0.1) is 0 Å². The maximum atomic E-state index is 3.46. The van der Waals surface area contributed by atoms with Gasteiger partial charge in [-0.1, -0.05) is 48.0 Å². The first-order valence-corrected chi connectivity index (χ1v) is 6.73. The summed E-state index contributed by atoms with van der Waals surface area (Å²) < 4.78 is 0. The van der Waals surface area contributed by atoms with Gasteiger partial charge in [0.1, 0.15) is 0 Å². The monoisotopic (exact) mass is 237 g/mol. The Kier molecular flexibility index (Phi) is 3.16. The van der Waals surface area contributed by atoms with E-state index in [4.69, 9.17) is 0 Å². The van der Waals surface area contributed by atoms with Crippen LogP contribution in [0.4, 0.5) is 0 Å². The van der Waals surface area contributed by atoms with Gasteiger partial charge in [0, 0.05) is 0 Å². The molecule has 0 amide bonds. The van der Waals surface area contributed by atoms with Crippen LogP contribution >= 0.6 is 0 Å². The van der Waals surface area contributed by atoms with Crippen LogP contribution in [-0.2, 0) is 0 Å². The van der Waals surface area contributed by atoms with E-state index in [-0.39, 0.29) is 0 Å². The fourth-order valence-corrected chi connectivity index (χ4v) is 2.91. The minimum atomic E-state index is 0.386. The fourth-order valence-electron chi connectivity index (χ4n) is 2.91. The molecule has 1 unspecified atom stereocenters. The summed E-state index contributed by atoms with van der Waals surface area (Å²) in [5.74, 6) is 0. The van der Waals surface area contributed by atoms with Gasteiger partial charge in [-0.25, -0.2) is 0 Å². The van der Waals surface area contributed by atoms with Gasteiger partial charge in [0.05, 0.1) is 6.04 Å². The number of hydrogen-bond acceptors (Lipinski definition) is 1. The number of likely N-dealkylation sites (N-methyl/N-ethyl adjacent to an activating group) is 1. The molecule has 0 aliphatic heterocycles. The van der Waals surface area contributed by atoms with Gasteiger partial charge in [-0.05, 0) is 48.7 Å². The summed E-state index contributed by atoms with van der Waals surface area (Å²) in [4.78, 5) is 0. The molecule has 1 heteroatoms. The van der Waals surface area contributed by atoms with Crippen molar-refractivity contribution in [2.24, 2.45) is 0 Å². The Morgan fingerprint density at radius 3 is 2.61 bits per heavy atom. The van der Waals surface area contributed by atoms with Crippen molar-refractivity contribution in [1.29, 1.82) is 0 Å². The van der Waals surface area contributed by atoms with Crippen molar-refractivity contribution >= 4 is 10.8 Å². The lowest BCUT2D eigenvalue weighted by molar-refractivity contribution is 0.656. The van der Waals surface area contributed by atoms with Crippen molar-refractivity contribution in [3.8, 4) is 0 Å². The summed E-state index contributed by atoms with van der Waals surface area (Å²) >= 11 is 0. The van der Waals surface area contributed by atoms with E-state index in [0.29, 0.717) is 6.04 Å². The zero-order valence-corrected chi connectivity index (χ0v) is 10.8. The minimum absolute atomic E-state index is 0.386. The first-order chi connectivity index (χ1) is 8.88. The standard InChI is InChI=1S/C17H19N/c1-18-17(14-7-3-4-8-14)16-11-10-13-6-2-5-9-15(13)12-16/h2,5-7,9-12,17-18H,3-4,8H2,1H3. The van der Waals surface area contributed by atoms with Gasteiger partial charge in [0.2, 0.25) is 0 Å². The predicted molar refractivity (Wildman–Crippen MR) is 77.7 cm³/mol. The number of benzene rings is 2. The maximum Gasteiger partial charge on any atom is 0.0533 e. The Morgan fingerprint density at radius 2 is 1.89 bits per heavy atom. The molecule has 0 spiro atoms. The van der Waals surface area contributed by atoms with Crippen LogP contribution in [0.15, 0.2) is 54.1 Å². The van der Waals surface area contributed by atoms with Crippen molar-refractivity contribution in [3.05, 3.63) is 59.7 Å². The van der Waals surface area contributed by atoms with Crippen LogP contribution in [0.3, 0.4) is 0 Å². The number of nitrogens with one attached hydrogen (secondary N) is 1. The van der Waals surface area contributed by atoms with Crippen molar-refractivity contribution in [2.75, 3.05) is 7.05 Å². The van der Waals surface area contributed by atoms with Crippen LogP contribution in [0, 0.1) is 0 Å². The average Bonchev–Trinajstić information content (AvgIpc) is 2.93. The Hall–Kier alpha value is -1.60. The largest absolute Gasteiger partial charge is 0.310 e. The fraction of sp³-hybridized carbons (Fsp3) is 0.294. The lowest BCUT2D eigenvalue weighted by Crippen LogP contribution is -2.17. The topological polar surface area (TPSA) is 12.0 Å². The minimum Gasteiger partial charge on any atom is -0.310 e. The number of fused-ring (bicyclic) bond motifs is 1. The second-order valence-electron chi connectivity index (χ2n) is 5.00. The first-order valence-electron chi connectivity index (χ1n) is 6.73. The Bertz CT molecular complexity index is 583. The summed E-state index contributed by atoms with van der Waals surface area (Å²) in [6.45, 7) is 0. The molecule has 0 fully saturated rings. The molecule has 2 aromatic rings. The molecule has 0 saturated heterocycles. The molecule has 1 atom stereocenters. The summed E-state index contributed by atoms with van der Waals surface area (Å²) in [6.07, 6.45) is 6.18.